The van der Waals surface area contributed by atoms with Crippen LogP contribution in [0, 0.1) is 0 Å². The Kier molecular flexibility index (Phi) is 5.23. The molecule has 0 bridgehead atoms. The van der Waals surface area contributed by atoms with Crippen LogP contribution < -0.4 is 0 Å². The van der Waals surface area contributed by atoms with Crippen molar-refractivity contribution in [3.63, 3.8) is 0 Å². The van der Waals surface area contributed by atoms with Gasteiger partial charge in [-0.3, -0.25) is 9.80 Å². The molecule has 134 valence electrons. The third kappa shape index (κ3) is 4.14. The summed E-state index contributed by atoms with van der Waals surface area (Å²) >= 11 is 1.92. The summed E-state index contributed by atoms with van der Waals surface area (Å²) in [7, 11) is 4.27. The third-order valence-corrected chi connectivity index (χ3v) is 6.51. The fraction of sp³-hybridized carbons (Fsp3) is 0.524. The highest BCUT2D eigenvalue weighted by Crippen LogP contribution is 2.26. The largest absolute Gasteiger partial charge is 0.305 e. The van der Waals surface area contributed by atoms with Gasteiger partial charge in [-0.15, -0.1) is 11.3 Å². The van der Waals surface area contributed by atoms with E-state index in [2.05, 4.69) is 64.5 Å². The molecule has 4 heteroatoms. The molecule has 4 rings (SSSR count). The summed E-state index contributed by atoms with van der Waals surface area (Å²) in [5.41, 5.74) is 4.59. The first-order chi connectivity index (χ1) is 12.2. The Hall–Kier alpha value is -1.20. The van der Waals surface area contributed by atoms with Gasteiger partial charge < -0.3 is 4.90 Å². The molecule has 1 aromatic heterocycles. The van der Waals surface area contributed by atoms with Gasteiger partial charge in [0.2, 0.25) is 0 Å². The normalized spacial score (nSPS) is 19.6. The molecule has 3 nitrogen and oxygen atoms in total. The van der Waals surface area contributed by atoms with Crippen molar-refractivity contribution in [1.29, 1.82) is 0 Å². The Morgan fingerprint density at radius 3 is 2.36 bits per heavy atom. The molecule has 1 fully saturated rings. The minimum Gasteiger partial charge on any atom is -0.305 e. The van der Waals surface area contributed by atoms with Gasteiger partial charge in [-0.25, -0.2) is 0 Å². The molecule has 1 aromatic carbocycles. The van der Waals surface area contributed by atoms with Gasteiger partial charge >= 0.3 is 0 Å². The SMILES string of the molecule is CN(C)Cc1csc(CN2CCN(C3Cc4ccccc4C3)CC2)c1. The Morgan fingerprint density at radius 1 is 1.04 bits per heavy atom. The van der Waals surface area contributed by atoms with E-state index in [9.17, 15) is 0 Å². The molecule has 25 heavy (non-hydrogen) atoms. The first kappa shape index (κ1) is 17.2. The van der Waals surface area contributed by atoms with Gasteiger partial charge in [0, 0.05) is 50.2 Å². The van der Waals surface area contributed by atoms with E-state index in [0.717, 1.165) is 19.1 Å². The second-order valence-electron chi connectivity index (χ2n) is 7.80. The van der Waals surface area contributed by atoms with Crippen LogP contribution in [0.2, 0.25) is 0 Å². The Balaban J connectivity index is 1.27. The van der Waals surface area contributed by atoms with Gasteiger partial charge in [0.15, 0.2) is 0 Å². The summed E-state index contributed by atoms with van der Waals surface area (Å²) in [5.74, 6) is 0. The number of benzene rings is 1. The lowest BCUT2D eigenvalue weighted by Crippen LogP contribution is -2.50. The predicted molar refractivity (Wildman–Crippen MR) is 106 cm³/mol. The molecule has 1 aliphatic carbocycles. The van der Waals surface area contributed by atoms with E-state index >= 15 is 0 Å². The number of nitrogens with zero attached hydrogens (tertiary/aromatic N) is 3. The molecule has 0 amide bonds. The summed E-state index contributed by atoms with van der Waals surface area (Å²) in [5, 5.41) is 2.32. The van der Waals surface area contributed by atoms with E-state index in [1.165, 1.54) is 49.5 Å². The molecule has 0 atom stereocenters. The smallest absolute Gasteiger partial charge is 0.0329 e. The zero-order valence-corrected chi connectivity index (χ0v) is 16.3. The second kappa shape index (κ2) is 7.58. The van der Waals surface area contributed by atoms with Crippen LogP contribution in [0.25, 0.3) is 0 Å². The first-order valence-electron chi connectivity index (χ1n) is 9.41. The van der Waals surface area contributed by atoms with Gasteiger partial charge in [-0.1, -0.05) is 24.3 Å². The average molecular weight is 356 g/mol. The summed E-state index contributed by atoms with van der Waals surface area (Å²) in [6.45, 7) is 7.01. The Bertz CT molecular complexity index is 676. The molecule has 0 spiro atoms. The Morgan fingerprint density at radius 2 is 1.72 bits per heavy atom. The molecule has 0 unspecified atom stereocenters. The fourth-order valence-corrected chi connectivity index (χ4v) is 5.18. The maximum absolute atomic E-state index is 2.72. The number of hydrogen-bond acceptors (Lipinski definition) is 4. The van der Waals surface area contributed by atoms with E-state index in [4.69, 9.17) is 0 Å². The minimum atomic E-state index is 0.730. The number of fused-ring (bicyclic) bond motifs is 1. The van der Waals surface area contributed by atoms with Gasteiger partial charge in [0.05, 0.1) is 0 Å². The van der Waals surface area contributed by atoms with Crippen molar-refractivity contribution in [3.8, 4) is 0 Å². The molecule has 0 N–H and O–H groups in total. The molecule has 0 saturated carbocycles. The fourth-order valence-electron chi connectivity index (χ4n) is 4.26. The van der Waals surface area contributed by atoms with E-state index in [0.29, 0.717) is 0 Å². The summed E-state index contributed by atoms with van der Waals surface area (Å²) < 4.78 is 0. The summed E-state index contributed by atoms with van der Waals surface area (Å²) in [4.78, 5) is 9.11. The lowest BCUT2D eigenvalue weighted by atomic mass is 10.1. The zero-order valence-electron chi connectivity index (χ0n) is 15.4. The van der Waals surface area contributed by atoms with Gasteiger partial charge in [0.25, 0.3) is 0 Å². The van der Waals surface area contributed by atoms with Crippen molar-refractivity contribution in [2.75, 3.05) is 40.3 Å². The standard InChI is InChI=1S/C21H29N3S/c1-22(2)14-17-11-21(25-16-17)15-23-7-9-24(10-8-23)20-12-18-5-3-4-6-19(18)13-20/h3-6,11,16,20H,7-10,12-15H2,1-2H3. The molecule has 0 radical (unpaired) electrons. The van der Waals surface area contributed by atoms with E-state index < -0.39 is 0 Å². The highest BCUT2D eigenvalue weighted by Gasteiger charge is 2.29. The summed E-state index contributed by atoms with van der Waals surface area (Å²) in [6, 6.07) is 12.1. The number of thiophene rings is 1. The number of rotatable bonds is 5. The molecule has 2 heterocycles. The van der Waals surface area contributed by atoms with E-state index in [1.807, 2.05) is 11.3 Å². The zero-order chi connectivity index (χ0) is 17.2. The molecule has 2 aromatic rings. The van der Waals surface area contributed by atoms with Crippen LogP contribution in [0.5, 0.6) is 0 Å². The lowest BCUT2D eigenvalue weighted by molar-refractivity contribution is 0.0955. The molecular weight excluding hydrogens is 326 g/mol. The Labute approximate surface area is 155 Å². The molecular formula is C21H29N3S. The van der Waals surface area contributed by atoms with Gasteiger partial charge in [-0.05, 0) is 55.1 Å². The maximum Gasteiger partial charge on any atom is 0.0329 e. The maximum atomic E-state index is 2.72. The highest BCUT2D eigenvalue weighted by atomic mass is 32.1. The second-order valence-corrected chi connectivity index (χ2v) is 8.80. The van der Waals surface area contributed by atoms with Crippen molar-refractivity contribution in [3.05, 3.63) is 57.3 Å². The van der Waals surface area contributed by atoms with Crippen LogP contribution in [0.4, 0.5) is 0 Å². The van der Waals surface area contributed by atoms with Crippen molar-refractivity contribution in [2.45, 2.75) is 32.0 Å². The summed E-state index contributed by atoms with van der Waals surface area (Å²) in [6.07, 6.45) is 2.49. The first-order valence-corrected chi connectivity index (χ1v) is 10.3. The molecule has 1 aliphatic heterocycles. The predicted octanol–water partition coefficient (Wildman–Crippen LogP) is 3.09. The minimum absolute atomic E-state index is 0.730. The topological polar surface area (TPSA) is 9.72 Å². The van der Waals surface area contributed by atoms with E-state index in [-0.39, 0.29) is 0 Å². The third-order valence-electron chi connectivity index (χ3n) is 5.54. The van der Waals surface area contributed by atoms with Crippen LogP contribution in [0.3, 0.4) is 0 Å². The number of hydrogen-bond donors (Lipinski definition) is 0. The van der Waals surface area contributed by atoms with Crippen LogP contribution >= 0.6 is 11.3 Å². The lowest BCUT2D eigenvalue weighted by Gasteiger charge is -2.37. The van der Waals surface area contributed by atoms with Crippen LogP contribution in [-0.2, 0) is 25.9 Å². The quantitative estimate of drug-likeness (QED) is 0.816. The monoisotopic (exact) mass is 355 g/mol. The van der Waals surface area contributed by atoms with Crippen molar-refractivity contribution < 1.29 is 0 Å². The van der Waals surface area contributed by atoms with Gasteiger partial charge in [-0.2, -0.15) is 0 Å². The van der Waals surface area contributed by atoms with Crippen LogP contribution in [0.15, 0.2) is 35.7 Å². The average Bonchev–Trinajstić information content (AvgIpc) is 3.21. The highest BCUT2D eigenvalue weighted by molar-refractivity contribution is 7.10. The van der Waals surface area contributed by atoms with Crippen molar-refractivity contribution in [1.82, 2.24) is 14.7 Å². The number of piperazine rings is 1. The molecule has 2 aliphatic rings. The van der Waals surface area contributed by atoms with Crippen LogP contribution in [-0.4, -0.2) is 61.0 Å². The van der Waals surface area contributed by atoms with Gasteiger partial charge in [0.1, 0.15) is 0 Å². The van der Waals surface area contributed by atoms with Crippen molar-refractivity contribution >= 4 is 11.3 Å². The van der Waals surface area contributed by atoms with Crippen LogP contribution in [0.1, 0.15) is 21.6 Å². The molecule has 1 saturated heterocycles. The van der Waals surface area contributed by atoms with Crippen molar-refractivity contribution in [2.24, 2.45) is 0 Å². The van der Waals surface area contributed by atoms with E-state index in [1.54, 1.807) is 11.1 Å².